The van der Waals surface area contributed by atoms with E-state index in [4.69, 9.17) is 9.47 Å². The van der Waals surface area contributed by atoms with E-state index in [2.05, 4.69) is 20.9 Å². The number of urea groups is 1. The molecule has 4 rings (SSSR count). The van der Waals surface area contributed by atoms with Crippen LogP contribution in [-0.2, 0) is 4.74 Å². The van der Waals surface area contributed by atoms with Crippen LogP contribution in [0.15, 0.2) is 67.0 Å². The summed E-state index contributed by atoms with van der Waals surface area (Å²) in [5.74, 6) is -0.134. The number of rotatable bonds is 9. The number of halogens is 1. The highest BCUT2D eigenvalue weighted by Crippen LogP contribution is 2.23. The maximum absolute atomic E-state index is 13.4. The Bertz CT molecular complexity index is 1420. The molecule has 0 aliphatic heterocycles. The largest absolute Gasteiger partial charge is 0.491 e. The Balaban J connectivity index is 1.44. The van der Waals surface area contributed by atoms with Gasteiger partial charge in [0.25, 0.3) is 5.91 Å². The first kappa shape index (κ1) is 25.6. The second-order valence-electron chi connectivity index (χ2n) is 8.43. The van der Waals surface area contributed by atoms with Gasteiger partial charge in [-0.1, -0.05) is 18.2 Å². The molecule has 0 saturated heterocycles. The highest BCUT2D eigenvalue weighted by Gasteiger charge is 2.16. The number of carbonyl (C=O) groups excluding carboxylic acids is 2. The van der Waals surface area contributed by atoms with E-state index in [0.29, 0.717) is 41.7 Å². The van der Waals surface area contributed by atoms with Gasteiger partial charge in [0.15, 0.2) is 0 Å². The molecule has 2 heterocycles. The van der Waals surface area contributed by atoms with Crippen molar-refractivity contribution in [3.8, 4) is 5.75 Å². The fourth-order valence-electron chi connectivity index (χ4n) is 3.71. The Morgan fingerprint density at radius 2 is 1.92 bits per heavy atom. The van der Waals surface area contributed by atoms with E-state index in [9.17, 15) is 14.0 Å². The smallest absolute Gasteiger partial charge is 0.319 e. The predicted molar refractivity (Wildman–Crippen MR) is 139 cm³/mol. The third-order valence-corrected chi connectivity index (χ3v) is 5.71. The molecule has 3 N–H and O–H groups in total. The predicted octanol–water partition coefficient (Wildman–Crippen LogP) is 4.94. The van der Waals surface area contributed by atoms with Crippen molar-refractivity contribution in [3.05, 3.63) is 89.6 Å². The topological polar surface area (TPSA) is 106 Å². The number of fused-ring (bicyclic) bond motifs is 1. The van der Waals surface area contributed by atoms with Gasteiger partial charge in [-0.15, -0.1) is 0 Å². The van der Waals surface area contributed by atoms with Gasteiger partial charge in [0, 0.05) is 30.7 Å². The number of hydrogen-bond acceptors (Lipinski definition) is 5. The lowest BCUT2D eigenvalue weighted by atomic mass is 10.0. The SMILES string of the molecule is COCCOc1ccn2c(C(=O)Nc3cc(C(C)NC(=O)Nc4cccc(F)c4)ccc3C)cnc2c1. The summed E-state index contributed by atoms with van der Waals surface area (Å²) in [6, 6.07) is 13.9. The summed E-state index contributed by atoms with van der Waals surface area (Å²) >= 11 is 0. The number of hydrogen-bond donors (Lipinski definition) is 3. The minimum atomic E-state index is -0.472. The van der Waals surface area contributed by atoms with Gasteiger partial charge in [0.2, 0.25) is 0 Å². The fourth-order valence-corrected chi connectivity index (χ4v) is 3.71. The van der Waals surface area contributed by atoms with E-state index in [0.717, 1.165) is 11.1 Å². The van der Waals surface area contributed by atoms with Crippen LogP contribution < -0.4 is 20.7 Å². The number of benzene rings is 2. The van der Waals surface area contributed by atoms with Gasteiger partial charge in [-0.25, -0.2) is 14.2 Å². The van der Waals surface area contributed by atoms with Crippen molar-refractivity contribution >= 4 is 29.0 Å². The number of carbonyl (C=O) groups is 2. The zero-order valence-electron chi connectivity index (χ0n) is 20.7. The minimum absolute atomic E-state index is 0.328. The van der Waals surface area contributed by atoms with Crippen LogP contribution in [0.1, 0.15) is 34.6 Å². The van der Waals surface area contributed by atoms with Gasteiger partial charge in [-0.3, -0.25) is 9.20 Å². The summed E-state index contributed by atoms with van der Waals surface area (Å²) in [7, 11) is 1.60. The molecule has 0 saturated carbocycles. The lowest BCUT2D eigenvalue weighted by Gasteiger charge is -2.17. The number of nitrogens with zero attached hydrogens (tertiary/aromatic N) is 2. The quantitative estimate of drug-likeness (QED) is 0.279. The molecule has 3 amide bonds. The molecule has 0 fully saturated rings. The second kappa shape index (κ2) is 11.5. The van der Waals surface area contributed by atoms with Crippen molar-refractivity contribution in [1.82, 2.24) is 14.7 Å². The van der Waals surface area contributed by atoms with Crippen molar-refractivity contribution in [3.63, 3.8) is 0 Å². The Labute approximate surface area is 213 Å². The molecule has 9 nitrogen and oxygen atoms in total. The third-order valence-electron chi connectivity index (χ3n) is 5.71. The van der Waals surface area contributed by atoms with Crippen LogP contribution in [0.4, 0.5) is 20.6 Å². The van der Waals surface area contributed by atoms with Crippen LogP contribution in [0, 0.1) is 12.7 Å². The first-order valence-electron chi connectivity index (χ1n) is 11.7. The zero-order chi connectivity index (χ0) is 26.4. The number of ether oxygens (including phenoxy) is 2. The number of pyridine rings is 1. The van der Waals surface area contributed by atoms with Crippen molar-refractivity contribution in [2.24, 2.45) is 0 Å². The molecule has 0 aliphatic rings. The molecule has 1 atom stereocenters. The maximum atomic E-state index is 13.4. The molecule has 0 aliphatic carbocycles. The van der Waals surface area contributed by atoms with E-state index in [1.807, 2.05) is 32.0 Å². The molecule has 0 radical (unpaired) electrons. The van der Waals surface area contributed by atoms with Crippen molar-refractivity contribution in [1.29, 1.82) is 0 Å². The third kappa shape index (κ3) is 6.42. The molecular formula is C27H28FN5O4. The first-order valence-corrected chi connectivity index (χ1v) is 11.7. The standard InChI is InChI=1S/C27H28FN5O4/c1-17-7-8-19(18(2)30-27(35)31-21-6-4-5-20(28)14-21)13-23(17)32-26(34)24-16-29-25-15-22(9-10-33(24)25)37-12-11-36-3/h4-10,13-16,18H,11-12H2,1-3H3,(H,32,34)(H2,30,31,35). The summed E-state index contributed by atoms with van der Waals surface area (Å²) in [6.45, 7) is 4.58. The summed E-state index contributed by atoms with van der Waals surface area (Å²) in [5.41, 5.74) is 3.54. The highest BCUT2D eigenvalue weighted by molar-refractivity contribution is 6.04. The molecule has 37 heavy (non-hydrogen) atoms. The monoisotopic (exact) mass is 505 g/mol. The van der Waals surface area contributed by atoms with E-state index in [1.165, 1.54) is 24.4 Å². The van der Waals surface area contributed by atoms with Crippen LogP contribution in [0.5, 0.6) is 5.75 Å². The van der Waals surface area contributed by atoms with Crippen LogP contribution in [0.3, 0.4) is 0 Å². The van der Waals surface area contributed by atoms with Crippen LogP contribution in [-0.4, -0.2) is 41.6 Å². The summed E-state index contributed by atoms with van der Waals surface area (Å²) < 4.78 is 25.6. The minimum Gasteiger partial charge on any atom is -0.491 e. The Morgan fingerprint density at radius 1 is 1.08 bits per heavy atom. The van der Waals surface area contributed by atoms with Gasteiger partial charge in [-0.05, 0) is 55.3 Å². The van der Waals surface area contributed by atoms with Gasteiger partial charge in [0.05, 0.1) is 18.8 Å². The van der Waals surface area contributed by atoms with Crippen molar-refractivity contribution in [2.75, 3.05) is 31.0 Å². The highest BCUT2D eigenvalue weighted by atomic mass is 19.1. The number of nitrogens with one attached hydrogen (secondary N) is 3. The molecule has 0 spiro atoms. The molecule has 2 aromatic heterocycles. The second-order valence-corrected chi connectivity index (χ2v) is 8.43. The zero-order valence-corrected chi connectivity index (χ0v) is 20.7. The molecule has 2 aromatic carbocycles. The van der Waals surface area contributed by atoms with Crippen LogP contribution in [0.2, 0.25) is 0 Å². The van der Waals surface area contributed by atoms with Gasteiger partial charge in [-0.2, -0.15) is 0 Å². The average Bonchev–Trinajstić information content (AvgIpc) is 3.29. The van der Waals surface area contributed by atoms with Gasteiger partial charge < -0.3 is 25.4 Å². The van der Waals surface area contributed by atoms with E-state index in [-0.39, 0.29) is 11.9 Å². The van der Waals surface area contributed by atoms with Crippen molar-refractivity contribution in [2.45, 2.75) is 19.9 Å². The number of aromatic nitrogens is 2. The summed E-state index contributed by atoms with van der Waals surface area (Å²) in [5, 5.41) is 8.37. The molecule has 0 bridgehead atoms. The number of aryl methyl sites for hydroxylation is 1. The molecule has 4 aromatic rings. The maximum Gasteiger partial charge on any atom is 0.319 e. The lowest BCUT2D eigenvalue weighted by Crippen LogP contribution is -2.31. The number of methoxy groups -OCH3 is 1. The summed E-state index contributed by atoms with van der Waals surface area (Å²) in [4.78, 5) is 29.8. The van der Waals surface area contributed by atoms with E-state index in [1.54, 1.807) is 35.9 Å². The number of imidazole rings is 1. The van der Waals surface area contributed by atoms with Crippen molar-refractivity contribution < 1.29 is 23.5 Å². The molecule has 1 unspecified atom stereocenters. The van der Waals surface area contributed by atoms with Gasteiger partial charge in [0.1, 0.15) is 29.5 Å². The van der Waals surface area contributed by atoms with Crippen LogP contribution in [0.25, 0.3) is 5.65 Å². The van der Waals surface area contributed by atoms with E-state index < -0.39 is 11.8 Å². The fraction of sp³-hybridized carbons (Fsp3) is 0.222. The average molecular weight is 506 g/mol. The molecule has 10 heteroatoms. The first-order chi connectivity index (χ1) is 17.8. The molecule has 192 valence electrons. The normalized spacial score (nSPS) is 11.7. The van der Waals surface area contributed by atoms with Gasteiger partial charge >= 0.3 is 6.03 Å². The summed E-state index contributed by atoms with van der Waals surface area (Å²) in [6.07, 6.45) is 3.23. The van der Waals surface area contributed by atoms with E-state index >= 15 is 0 Å². The Hall–Kier alpha value is -4.44. The van der Waals surface area contributed by atoms with Crippen LogP contribution >= 0.6 is 0 Å². The Morgan fingerprint density at radius 3 is 2.70 bits per heavy atom. The number of amides is 3. The molecular weight excluding hydrogens is 477 g/mol. The Kier molecular flexibility index (Phi) is 7.99. The lowest BCUT2D eigenvalue weighted by molar-refractivity contribution is 0.102. The number of anilines is 2.